The van der Waals surface area contributed by atoms with Gasteiger partial charge in [-0.1, -0.05) is 20.8 Å². The smallest absolute Gasteiger partial charge is 0.252 e. The number of nitrogens with zero attached hydrogens (tertiary/aromatic N) is 2. The lowest BCUT2D eigenvalue weighted by Gasteiger charge is -2.33. The Morgan fingerprint density at radius 1 is 1.20 bits per heavy atom. The summed E-state index contributed by atoms with van der Waals surface area (Å²) < 4.78 is 29.9. The highest BCUT2D eigenvalue weighted by atomic mass is 32.2. The Kier molecular flexibility index (Phi) is 6.64. The zero-order valence-electron chi connectivity index (χ0n) is 13.8. The first-order valence-corrected chi connectivity index (χ1v) is 8.39. The molecule has 2 unspecified atom stereocenters. The molecule has 0 saturated heterocycles. The number of likely N-dealkylation sites (N-methyl/N-ethyl adjacent to an activating group) is 2. The summed E-state index contributed by atoms with van der Waals surface area (Å²) >= 11 is 0. The molecule has 0 radical (unpaired) electrons. The summed E-state index contributed by atoms with van der Waals surface area (Å²) in [6.45, 7) is 7.92. The lowest BCUT2D eigenvalue weighted by molar-refractivity contribution is -0.149. The average Bonchev–Trinajstić information content (AvgIpc) is 2.23. The van der Waals surface area contributed by atoms with Crippen molar-refractivity contribution in [2.45, 2.75) is 39.9 Å². The van der Waals surface area contributed by atoms with Crippen molar-refractivity contribution in [2.24, 2.45) is 5.41 Å². The van der Waals surface area contributed by atoms with E-state index in [9.17, 15) is 13.2 Å². The number of sulfonamides is 1. The van der Waals surface area contributed by atoms with Crippen LogP contribution < -0.4 is 0 Å². The van der Waals surface area contributed by atoms with E-state index in [1.807, 2.05) is 27.7 Å². The second-order valence-electron chi connectivity index (χ2n) is 6.41. The Morgan fingerprint density at radius 2 is 1.65 bits per heavy atom. The molecular formula is C13H28N2O4S. The van der Waals surface area contributed by atoms with Gasteiger partial charge in [0.25, 0.3) is 5.91 Å². The molecule has 6 nitrogen and oxygen atoms in total. The maximum atomic E-state index is 12.1. The Bertz CT molecular complexity index is 426. The predicted molar refractivity (Wildman–Crippen MR) is 80.0 cm³/mol. The molecule has 0 aromatic rings. The van der Waals surface area contributed by atoms with Crippen LogP contribution in [-0.4, -0.2) is 69.7 Å². The van der Waals surface area contributed by atoms with E-state index in [-0.39, 0.29) is 24.0 Å². The highest BCUT2D eigenvalue weighted by molar-refractivity contribution is 7.88. The summed E-state index contributed by atoms with van der Waals surface area (Å²) in [6.07, 6.45) is 0.125. The van der Waals surface area contributed by atoms with Crippen LogP contribution in [0.4, 0.5) is 0 Å². The number of hydrogen-bond acceptors (Lipinski definition) is 4. The van der Waals surface area contributed by atoms with Gasteiger partial charge in [0.15, 0.2) is 6.10 Å². The fourth-order valence-electron chi connectivity index (χ4n) is 1.29. The zero-order valence-corrected chi connectivity index (χ0v) is 14.6. The quantitative estimate of drug-likeness (QED) is 0.727. The highest BCUT2D eigenvalue weighted by Crippen LogP contribution is 2.23. The molecule has 0 heterocycles. The second kappa shape index (κ2) is 6.87. The molecule has 0 spiro atoms. The summed E-state index contributed by atoms with van der Waals surface area (Å²) in [5.41, 5.74) is -0.130. The van der Waals surface area contributed by atoms with E-state index in [1.165, 1.54) is 11.9 Å². The monoisotopic (exact) mass is 308 g/mol. The van der Waals surface area contributed by atoms with Crippen LogP contribution in [0.25, 0.3) is 0 Å². The Hall–Kier alpha value is -0.660. The number of hydrogen-bond donors (Lipinski definition) is 0. The summed E-state index contributed by atoms with van der Waals surface area (Å²) in [5.74, 6) is -0.239. The molecule has 120 valence electrons. The normalized spacial score (nSPS) is 16.1. The lowest BCUT2D eigenvalue weighted by atomic mass is 9.90. The first-order chi connectivity index (χ1) is 8.76. The van der Waals surface area contributed by atoms with Crippen molar-refractivity contribution in [1.29, 1.82) is 0 Å². The summed E-state index contributed by atoms with van der Waals surface area (Å²) in [4.78, 5) is 13.6. The molecule has 0 saturated carbocycles. The maximum Gasteiger partial charge on any atom is 0.252 e. The molecule has 2 atom stereocenters. The standard InChI is InChI=1S/C13H28N2O4S/c1-10(13(2,3)4)19-11(12(16)14(5)6)9-15(7)20(8,17)18/h10-11H,9H2,1-8H3. The van der Waals surface area contributed by atoms with E-state index in [4.69, 9.17) is 4.74 Å². The van der Waals surface area contributed by atoms with Crippen LogP contribution >= 0.6 is 0 Å². The minimum atomic E-state index is -3.35. The van der Waals surface area contributed by atoms with Crippen LogP contribution in [0.5, 0.6) is 0 Å². The first kappa shape index (κ1) is 19.3. The summed E-state index contributed by atoms with van der Waals surface area (Å²) in [5, 5.41) is 0. The summed E-state index contributed by atoms with van der Waals surface area (Å²) in [6, 6.07) is 0. The molecule has 0 aromatic heterocycles. The second-order valence-corrected chi connectivity index (χ2v) is 8.50. The van der Waals surface area contributed by atoms with E-state index in [0.29, 0.717) is 0 Å². The molecule has 20 heavy (non-hydrogen) atoms. The van der Waals surface area contributed by atoms with E-state index in [1.54, 1.807) is 14.1 Å². The van der Waals surface area contributed by atoms with Crippen LogP contribution in [0.2, 0.25) is 0 Å². The SMILES string of the molecule is CC(OC(CN(C)S(C)(=O)=O)C(=O)N(C)C)C(C)(C)C. The zero-order chi connectivity index (χ0) is 16.3. The van der Waals surface area contributed by atoms with E-state index in [0.717, 1.165) is 10.6 Å². The van der Waals surface area contributed by atoms with Crippen molar-refractivity contribution in [2.75, 3.05) is 33.9 Å². The van der Waals surface area contributed by atoms with Crippen molar-refractivity contribution in [3.63, 3.8) is 0 Å². The molecule has 0 N–H and O–H groups in total. The molecule has 0 aliphatic heterocycles. The highest BCUT2D eigenvalue weighted by Gasteiger charge is 2.31. The van der Waals surface area contributed by atoms with Gasteiger partial charge in [-0.25, -0.2) is 12.7 Å². The third-order valence-corrected chi connectivity index (χ3v) is 4.57. The van der Waals surface area contributed by atoms with Crippen LogP contribution in [0.1, 0.15) is 27.7 Å². The molecule has 0 aliphatic carbocycles. The van der Waals surface area contributed by atoms with Gasteiger partial charge in [-0.05, 0) is 12.3 Å². The van der Waals surface area contributed by atoms with Crippen molar-refractivity contribution < 1.29 is 17.9 Å². The number of ether oxygens (including phenoxy) is 1. The maximum absolute atomic E-state index is 12.1. The van der Waals surface area contributed by atoms with Gasteiger partial charge < -0.3 is 9.64 Å². The van der Waals surface area contributed by atoms with Gasteiger partial charge in [-0.3, -0.25) is 4.79 Å². The largest absolute Gasteiger partial charge is 0.363 e. The van der Waals surface area contributed by atoms with Gasteiger partial charge >= 0.3 is 0 Å². The van der Waals surface area contributed by atoms with Crippen LogP contribution in [-0.2, 0) is 19.6 Å². The third kappa shape index (κ3) is 6.19. The molecule has 0 aliphatic rings. The van der Waals surface area contributed by atoms with Crippen molar-refractivity contribution in [1.82, 2.24) is 9.21 Å². The van der Waals surface area contributed by atoms with Crippen molar-refractivity contribution in [3.8, 4) is 0 Å². The van der Waals surface area contributed by atoms with E-state index in [2.05, 4.69) is 0 Å². The fraction of sp³-hybridized carbons (Fsp3) is 0.923. The topological polar surface area (TPSA) is 66.9 Å². The minimum absolute atomic E-state index is 0.0102. The van der Waals surface area contributed by atoms with Gasteiger partial charge in [-0.15, -0.1) is 0 Å². The Morgan fingerprint density at radius 3 is 1.95 bits per heavy atom. The number of rotatable bonds is 6. The Balaban J connectivity index is 5.07. The number of carbonyl (C=O) groups is 1. The molecular weight excluding hydrogens is 280 g/mol. The first-order valence-electron chi connectivity index (χ1n) is 6.54. The Labute approximate surface area is 123 Å². The number of amides is 1. The average molecular weight is 308 g/mol. The van der Waals surface area contributed by atoms with Gasteiger partial charge in [0.2, 0.25) is 10.0 Å². The lowest BCUT2D eigenvalue weighted by Crippen LogP contribution is -2.47. The molecule has 1 amide bonds. The molecule has 0 aromatic carbocycles. The fourth-order valence-corrected chi connectivity index (χ4v) is 1.69. The molecule has 0 bridgehead atoms. The molecule has 0 rings (SSSR count). The van der Waals surface area contributed by atoms with Gasteiger partial charge in [0.05, 0.1) is 12.4 Å². The van der Waals surface area contributed by atoms with Gasteiger partial charge in [0, 0.05) is 27.7 Å². The van der Waals surface area contributed by atoms with Crippen LogP contribution in [0.15, 0.2) is 0 Å². The van der Waals surface area contributed by atoms with Crippen LogP contribution in [0, 0.1) is 5.41 Å². The third-order valence-electron chi connectivity index (χ3n) is 3.29. The molecule has 7 heteroatoms. The summed E-state index contributed by atoms with van der Waals surface area (Å²) in [7, 11) is 1.35. The molecule has 0 fully saturated rings. The van der Waals surface area contributed by atoms with Gasteiger partial charge in [0.1, 0.15) is 0 Å². The minimum Gasteiger partial charge on any atom is -0.363 e. The predicted octanol–water partition coefficient (Wildman–Crippen LogP) is 0.786. The number of carbonyl (C=O) groups excluding carboxylic acids is 1. The van der Waals surface area contributed by atoms with Crippen molar-refractivity contribution in [3.05, 3.63) is 0 Å². The van der Waals surface area contributed by atoms with E-state index < -0.39 is 16.1 Å². The van der Waals surface area contributed by atoms with Gasteiger partial charge in [-0.2, -0.15) is 0 Å². The van der Waals surface area contributed by atoms with Crippen LogP contribution in [0.3, 0.4) is 0 Å². The van der Waals surface area contributed by atoms with Crippen molar-refractivity contribution >= 4 is 15.9 Å². The van der Waals surface area contributed by atoms with E-state index >= 15 is 0 Å².